The highest BCUT2D eigenvalue weighted by Crippen LogP contribution is 2.49. The number of nitrogens with one attached hydrogen (secondary N) is 2. The SMILES string of the molecule is Cc1ccc(-c2nc(SCC(=O)N[C@@H](C)[C@@H]3C[C@H]4CC[C@H]3C4)[nH]c2-c2ccc(C)cc2)cc1. The zero-order valence-corrected chi connectivity index (χ0v) is 20.5. The predicted molar refractivity (Wildman–Crippen MR) is 136 cm³/mol. The lowest BCUT2D eigenvalue weighted by molar-refractivity contribution is -0.119. The second-order valence-corrected chi connectivity index (χ2v) is 10.9. The molecule has 172 valence electrons. The normalized spacial score (nSPS) is 22.5. The number of hydrogen-bond donors (Lipinski definition) is 2. The molecule has 1 amide bonds. The number of benzene rings is 2. The van der Waals surface area contributed by atoms with Crippen LogP contribution in [0.2, 0.25) is 0 Å². The van der Waals surface area contributed by atoms with Crippen molar-refractivity contribution in [1.82, 2.24) is 15.3 Å². The maximum absolute atomic E-state index is 12.7. The molecule has 2 fully saturated rings. The van der Waals surface area contributed by atoms with Crippen molar-refractivity contribution in [3.8, 4) is 22.5 Å². The first kappa shape index (κ1) is 22.3. The van der Waals surface area contributed by atoms with E-state index in [0.717, 1.165) is 39.5 Å². The highest BCUT2D eigenvalue weighted by atomic mass is 32.2. The summed E-state index contributed by atoms with van der Waals surface area (Å²) >= 11 is 1.48. The van der Waals surface area contributed by atoms with E-state index in [0.29, 0.717) is 11.7 Å². The molecule has 2 saturated carbocycles. The monoisotopic (exact) mass is 459 g/mol. The summed E-state index contributed by atoms with van der Waals surface area (Å²) in [4.78, 5) is 21.1. The van der Waals surface area contributed by atoms with Gasteiger partial charge in [-0.25, -0.2) is 4.98 Å². The minimum absolute atomic E-state index is 0.0976. The van der Waals surface area contributed by atoms with Gasteiger partial charge in [0.1, 0.15) is 0 Å². The summed E-state index contributed by atoms with van der Waals surface area (Å²) in [5, 5.41) is 4.05. The van der Waals surface area contributed by atoms with Crippen molar-refractivity contribution in [3.63, 3.8) is 0 Å². The van der Waals surface area contributed by atoms with E-state index in [4.69, 9.17) is 4.98 Å². The highest BCUT2D eigenvalue weighted by Gasteiger charge is 2.42. The van der Waals surface area contributed by atoms with Crippen molar-refractivity contribution in [1.29, 1.82) is 0 Å². The lowest BCUT2D eigenvalue weighted by Crippen LogP contribution is -2.40. The number of amides is 1. The van der Waals surface area contributed by atoms with Crippen LogP contribution >= 0.6 is 11.8 Å². The molecule has 0 radical (unpaired) electrons. The summed E-state index contributed by atoms with van der Waals surface area (Å²) in [5.41, 5.74) is 6.56. The van der Waals surface area contributed by atoms with Crippen molar-refractivity contribution in [2.24, 2.45) is 17.8 Å². The van der Waals surface area contributed by atoms with E-state index in [-0.39, 0.29) is 11.9 Å². The third-order valence-corrected chi connectivity index (χ3v) is 8.38. The Bertz CT molecular complexity index is 1060. The lowest BCUT2D eigenvalue weighted by Gasteiger charge is -2.28. The van der Waals surface area contributed by atoms with Gasteiger partial charge in [-0.1, -0.05) is 77.8 Å². The molecule has 1 heterocycles. The minimum Gasteiger partial charge on any atom is -0.353 e. The average molecular weight is 460 g/mol. The van der Waals surface area contributed by atoms with Crippen LogP contribution in [0.3, 0.4) is 0 Å². The zero-order valence-electron chi connectivity index (χ0n) is 19.7. The van der Waals surface area contributed by atoms with Crippen molar-refractivity contribution in [2.75, 3.05) is 5.75 Å². The van der Waals surface area contributed by atoms with Gasteiger partial charge in [0, 0.05) is 17.2 Å². The molecular formula is C28H33N3OS. The lowest BCUT2D eigenvalue weighted by atomic mass is 9.84. The van der Waals surface area contributed by atoms with Gasteiger partial charge in [0.15, 0.2) is 5.16 Å². The molecule has 0 saturated heterocycles. The average Bonchev–Trinajstić information content (AvgIpc) is 3.55. The van der Waals surface area contributed by atoms with Crippen LogP contribution in [0, 0.1) is 31.6 Å². The van der Waals surface area contributed by atoms with Crippen LogP contribution in [0.25, 0.3) is 22.5 Å². The Kier molecular flexibility index (Phi) is 6.33. The number of fused-ring (bicyclic) bond motifs is 2. The molecule has 33 heavy (non-hydrogen) atoms. The Morgan fingerprint density at radius 3 is 2.30 bits per heavy atom. The molecule has 3 aromatic rings. The summed E-state index contributed by atoms with van der Waals surface area (Å²) in [7, 11) is 0. The summed E-state index contributed by atoms with van der Waals surface area (Å²) < 4.78 is 0. The van der Waals surface area contributed by atoms with Crippen molar-refractivity contribution >= 4 is 17.7 Å². The molecule has 2 aliphatic carbocycles. The van der Waals surface area contributed by atoms with Crippen LogP contribution < -0.4 is 5.32 Å². The summed E-state index contributed by atoms with van der Waals surface area (Å²) in [5.74, 6) is 2.84. The van der Waals surface area contributed by atoms with Gasteiger partial charge in [-0.2, -0.15) is 0 Å². The molecule has 4 nitrogen and oxygen atoms in total. The van der Waals surface area contributed by atoms with Crippen LogP contribution in [0.5, 0.6) is 0 Å². The number of hydrogen-bond acceptors (Lipinski definition) is 3. The molecular weight excluding hydrogens is 426 g/mol. The standard InChI is InChI=1S/C28H33N3OS/c1-17-4-9-21(10-5-17)26-27(22-11-6-18(2)7-12-22)31-28(30-26)33-16-25(32)29-19(3)24-15-20-8-13-23(24)14-20/h4-7,9-12,19-20,23-24H,8,13-16H2,1-3H3,(H,29,32)(H,30,31)/t19-,20-,23-,24-/m0/s1. The maximum Gasteiger partial charge on any atom is 0.230 e. The first-order valence-electron chi connectivity index (χ1n) is 12.1. The van der Waals surface area contributed by atoms with E-state index >= 15 is 0 Å². The van der Waals surface area contributed by atoms with Crippen LogP contribution in [0.4, 0.5) is 0 Å². The van der Waals surface area contributed by atoms with Crippen molar-refractivity contribution in [3.05, 3.63) is 59.7 Å². The van der Waals surface area contributed by atoms with Gasteiger partial charge in [0.25, 0.3) is 0 Å². The Balaban J connectivity index is 1.29. The number of nitrogens with zero attached hydrogens (tertiary/aromatic N) is 1. The van der Waals surface area contributed by atoms with Crippen molar-refractivity contribution in [2.45, 2.75) is 57.7 Å². The number of aromatic nitrogens is 2. The van der Waals surface area contributed by atoms with E-state index < -0.39 is 0 Å². The first-order chi connectivity index (χ1) is 16.0. The fraction of sp³-hybridized carbons (Fsp3) is 0.429. The van der Waals surface area contributed by atoms with Gasteiger partial charge >= 0.3 is 0 Å². The Hall–Kier alpha value is -2.53. The van der Waals surface area contributed by atoms with Crippen LogP contribution in [0.15, 0.2) is 53.7 Å². The third kappa shape index (κ3) is 4.89. The summed E-state index contributed by atoms with van der Waals surface area (Å²) in [6, 6.07) is 17.2. The molecule has 1 aromatic heterocycles. The number of rotatable bonds is 7. The van der Waals surface area contributed by atoms with E-state index in [1.54, 1.807) is 0 Å². The molecule has 4 atom stereocenters. The Labute approximate surface area is 201 Å². The van der Waals surface area contributed by atoms with Crippen molar-refractivity contribution < 1.29 is 4.79 Å². The smallest absolute Gasteiger partial charge is 0.230 e. The molecule has 2 aliphatic rings. The van der Waals surface area contributed by atoms with Crippen LogP contribution in [-0.2, 0) is 4.79 Å². The van der Waals surface area contributed by atoms with E-state index in [1.807, 2.05) is 0 Å². The van der Waals surface area contributed by atoms with Crippen LogP contribution in [-0.4, -0.2) is 27.7 Å². The maximum atomic E-state index is 12.7. The largest absolute Gasteiger partial charge is 0.353 e. The molecule has 2 N–H and O–H groups in total. The molecule has 0 unspecified atom stereocenters. The number of aryl methyl sites for hydroxylation is 2. The minimum atomic E-state index is 0.0976. The first-order valence-corrected chi connectivity index (χ1v) is 13.1. The number of H-pyrrole nitrogens is 1. The Morgan fingerprint density at radius 1 is 1.03 bits per heavy atom. The van der Waals surface area contributed by atoms with Gasteiger partial charge in [-0.15, -0.1) is 0 Å². The second-order valence-electron chi connectivity index (χ2n) is 9.98. The topological polar surface area (TPSA) is 57.8 Å². The number of thioether (sulfide) groups is 1. The number of imidazole rings is 1. The van der Waals surface area contributed by atoms with Crippen LogP contribution in [0.1, 0.15) is 43.7 Å². The summed E-state index contributed by atoms with van der Waals surface area (Å²) in [6.07, 6.45) is 5.40. The van der Waals surface area contributed by atoms with Gasteiger partial charge in [-0.3, -0.25) is 4.79 Å². The third-order valence-electron chi connectivity index (χ3n) is 7.51. The number of aromatic amines is 1. The molecule has 2 bridgehead atoms. The van der Waals surface area contributed by atoms with Gasteiger partial charge in [-0.05, 0) is 57.8 Å². The fourth-order valence-corrected chi connectivity index (χ4v) is 6.39. The van der Waals surface area contributed by atoms with E-state index in [9.17, 15) is 4.79 Å². The Morgan fingerprint density at radius 2 is 1.70 bits per heavy atom. The molecule has 0 spiro atoms. The zero-order chi connectivity index (χ0) is 22.9. The van der Waals surface area contributed by atoms with Gasteiger partial charge in [0.05, 0.1) is 17.1 Å². The molecule has 5 heteroatoms. The fourth-order valence-electron chi connectivity index (χ4n) is 5.71. The van der Waals surface area contributed by atoms with Gasteiger partial charge < -0.3 is 10.3 Å². The second kappa shape index (κ2) is 9.38. The molecule has 5 rings (SSSR count). The molecule has 0 aliphatic heterocycles. The highest BCUT2D eigenvalue weighted by molar-refractivity contribution is 7.99. The summed E-state index contributed by atoms with van der Waals surface area (Å²) in [6.45, 7) is 6.37. The van der Waals surface area contributed by atoms with E-state index in [1.165, 1.54) is 48.6 Å². The number of carbonyl (C=O) groups is 1. The molecule has 2 aromatic carbocycles. The van der Waals surface area contributed by atoms with Gasteiger partial charge in [0.2, 0.25) is 5.91 Å². The number of carbonyl (C=O) groups excluding carboxylic acids is 1. The quantitative estimate of drug-likeness (QED) is 0.402. The van der Waals surface area contributed by atoms with E-state index in [2.05, 4.69) is 79.6 Å². The predicted octanol–water partition coefficient (Wildman–Crippen LogP) is 6.39.